The van der Waals surface area contributed by atoms with Crippen LogP contribution in [-0.4, -0.2) is 31.2 Å². The first kappa shape index (κ1) is 42.2. The first-order valence-electron chi connectivity index (χ1n) is 19.7. The minimum atomic E-state index is -2.65. The fraction of sp³-hybridized carbons (Fsp3) is 0.304. The molecule has 0 bridgehead atoms. The molecule has 6 rings (SSSR count). The zero-order valence-corrected chi connectivity index (χ0v) is 35.6. The Morgan fingerprint density at radius 2 is 1.09 bits per heavy atom. The van der Waals surface area contributed by atoms with Crippen molar-refractivity contribution in [2.24, 2.45) is 10.7 Å². The number of hydrogen-bond donors (Lipinski definition) is 4. The van der Waals surface area contributed by atoms with E-state index in [1.165, 1.54) is 79.0 Å². The number of nitrogens with two attached hydrogens (primary N) is 1. The van der Waals surface area contributed by atoms with Crippen molar-refractivity contribution in [1.29, 1.82) is 0 Å². The zero-order valence-electron chi connectivity index (χ0n) is 31.8. The van der Waals surface area contributed by atoms with Crippen LogP contribution in [0.15, 0.2) is 151 Å². The Morgan fingerprint density at radius 3 is 1.62 bits per heavy atom. The molecule has 5 aromatic carbocycles. The first-order chi connectivity index (χ1) is 26.5. The molecular weight excluding hydrogens is 832 g/mol. The Labute approximate surface area is 347 Å². The summed E-state index contributed by atoms with van der Waals surface area (Å²) in [5.74, 6) is 2.05. The Morgan fingerprint density at radius 1 is 0.618 bits per heavy atom. The molecule has 0 amide bonds. The molecule has 0 saturated heterocycles. The summed E-state index contributed by atoms with van der Waals surface area (Å²) < 4.78 is 3.43. The van der Waals surface area contributed by atoms with Gasteiger partial charge >= 0.3 is 214 Å². The van der Waals surface area contributed by atoms with Gasteiger partial charge in [0.05, 0.1) is 6.54 Å². The molecule has 1 aliphatic rings. The number of halogens is 2. The number of unbranched alkanes of at least 4 members (excludes halogenated alkanes) is 8. The van der Waals surface area contributed by atoms with Gasteiger partial charge in [-0.15, -0.1) is 0 Å². The minimum Gasteiger partial charge on any atom is -1.00 e. The van der Waals surface area contributed by atoms with E-state index in [2.05, 4.69) is 170 Å². The van der Waals surface area contributed by atoms with Crippen LogP contribution in [0.2, 0.25) is 0 Å². The molecule has 5 aromatic rings. The molecule has 5 N–H and O–H groups in total. The van der Waals surface area contributed by atoms with Crippen LogP contribution in [0.4, 0.5) is 0 Å². The summed E-state index contributed by atoms with van der Waals surface area (Å²) >= 11 is 2.92. The summed E-state index contributed by atoms with van der Waals surface area (Å²) in [7, 11) is 0. The van der Waals surface area contributed by atoms with Crippen LogP contribution >= 0.6 is 26.3 Å². The zero-order chi connectivity index (χ0) is 37.3. The number of guanidine groups is 2. The molecule has 0 fully saturated rings. The summed E-state index contributed by atoms with van der Waals surface area (Å²) in [5, 5.41) is 10.9. The van der Waals surface area contributed by atoms with Crippen molar-refractivity contribution in [3.8, 4) is 5.75 Å². The van der Waals surface area contributed by atoms with E-state index >= 15 is 0 Å². The van der Waals surface area contributed by atoms with Crippen molar-refractivity contribution in [3.05, 3.63) is 157 Å². The van der Waals surface area contributed by atoms with Gasteiger partial charge in [0.15, 0.2) is 6.17 Å². The largest absolute Gasteiger partial charge is 1.00 e. The average molecular weight is 888 g/mol. The Kier molecular flexibility index (Phi) is 16.4. The molecule has 1 aliphatic heterocycles. The summed E-state index contributed by atoms with van der Waals surface area (Å²) in [4.78, 5) is 7.95. The van der Waals surface area contributed by atoms with Gasteiger partial charge in [0.2, 0.25) is 0 Å². The SMILES string of the molecule is NC1=NC(c2ccc(OCCCCCCCCCCCP(I)(c3ccccc3)(c3ccccc3)c3ccccc3)cc2)NC(=[NH+]CCc2ccccc2)N1.[Cl-]. The molecule has 9 heteroatoms. The van der Waals surface area contributed by atoms with E-state index in [9.17, 15) is 0 Å². The minimum absolute atomic E-state index is 0. The third kappa shape index (κ3) is 11.3. The monoisotopic (exact) mass is 887 g/mol. The van der Waals surface area contributed by atoms with Crippen LogP contribution < -0.4 is 54.4 Å². The van der Waals surface area contributed by atoms with Gasteiger partial charge in [-0.1, -0.05) is 30.3 Å². The fourth-order valence-electron chi connectivity index (χ4n) is 7.47. The van der Waals surface area contributed by atoms with E-state index in [0.717, 1.165) is 43.3 Å². The predicted molar refractivity (Wildman–Crippen MR) is 239 cm³/mol. The van der Waals surface area contributed by atoms with Crippen LogP contribution in [0.1, 0.15) is 75.1 Å². The van der Waals surface area contributed by atoms with Crippen LogP contribution in [0.25, 0.3) is 0 Å². The van der Waals surface area contributed by atoms with E-state index in [-0.39, 0.29) is 18.6 Å². The van der Waals surface area contributed by atoms with Gasteiger partial charge in [0.25, 0.3) is 5.96 Å². The molecule has 1 unspecified atom stereocenters. The summed E-state index contributed by atoms with van der Waals surface area (Å²) in [5.41, 5.74) is 8.43. The van der Waals surface area contributed by atoms with Crippen LogP contribution in [0.5, 0.6) is 5.75 Å². The van der Waals surface area contributed by atoms with Crippen LogP contribution in [0, 0.1) is 0 Å². The van der Waals surface area contributed by atoms with Crippen molar-refractivity contribution in [1.82, 2.24) is 10.6 Å². The van der Waals surface area contributed by atoms with Gasteiger partial charge in [-0.3, -0.25) is 10.3 Å². The summed E-state index contributed by atoms with van der Waals surface area (Å²) in [6.07, 6.45) is 13.1. The smallest absolute Gasteiger partial charge is 0.352 e. The molecule has 290 valence electrons. The van der Waals surface area contributed by atoms with Gasteiger partial charge in [0, 0.05) is 12.0 Å². The van der Waals surface area contributed by atoms with E-state index in [4.69, 9.17) is 10.5 Å². The molecule has 1 heterocycles. The normalized spacial score (nSPS) is 15.4. The number of nitrogens with one attached hydrogen (secondary N) is 3. The van der Waals surface area contributed by atoms with E-state index in [1.807, 2.05) is 18.2 Å². The van der Waals surface area contributed by atoms with Crippen molar-refractivity contribution in [3.63, 3.8) is 0 Å². The number of ether oxygens (including phenoxy) is 1. The molecule has 1 atom stereocenters. The van der Waals surface area contributed by atoms with Gasteiger partial charge < -0.3 is 18.1 Å². The molecule has 0 radical (unpaired) electrons. The number of benzene rings is 5. The molecule has 0 spiro atoms. The number of rotatable bonds is 20. The third-order valence-corrected chi connectivity index (χ3v) is 22.2. The van der Waals surface area contributed by atoms with E-state index < -0.39 is 4.25 Å². The van der Waals surface area contributed by atoms with Crippen molar-refractivity contribution < 1.29 is 22.1 Å². The van der Waals surface area contributed by atoms with Crippen LogP contribution in [-0.2, 0) is 6.42 Å². The first-order valence-corrected chi connectivity index (χ1v) is 24.9. The summed E-state index contributed by atoms with van der Waals surface area (Å²) in [6, 6.07) is 52.5. The van der Waals surface area contributed by atoms with Gasteiger partial charge in [0.1, 0.15) is 5.75 Å². The Bertz CT molecular complexity index is 1820. The second kappa shape index (κ2) is 21.4. The fourth-order valence-corrected chi connectivity index (χ4v) is 16.3. The Hall–Kier alpha value is -3.91. The molecule has 55 heavy (non-hydrogen) atoms. The topological polar surface area (TPSA) is 85.6 Å². The summed E-state index contributed by atoms with van der Waals surface area (Å²) in [6.45, 7) is 1.53. The van der Waals surface area contributed by atoms with Gasteiger partial charge in [-0.25, -0.2) is 5.32 Å². The van der Waals surface area contributed by atoms with Crippen molar-refractivity contribution in [2.75, 3.05) is 19.3 Å². The molecule has 0 saturated carbocycles. The molecule has 0 aliphatic carbocycles. The van der Waals surface area contributed by atoms with Crippen molar-refractivity contribution >= 4 is 54.1 Å². The molecular formula is C46H56ClIN5OP. The predicted octanol–water partition coefficient (Wildman–Crippen LogP) is 4.65. The maximum absolute atomic E-state index is 6.11. The second-order valence-electron chi connectivity index (χ2n) is 14.2. The van der Waals surface area contributed by atoms with Gasteiger partial charge in [-0.05, 0) is 29.8 Å². The maximum Gasteiger partial charge on any atom is 0.352 e. The van der Waals surface area contributed by atoms with Crippen LogP contribution in [0.3, 0.4) is 0 Å². The average Bonchev–Trinajstić information content (AvgIpc) is 3.22. The standard InChI is InChI=1S/C46H55IN5OP.ClH/c47-54(41-24-14-9-15-25-41,42-26-16-10-17-27-42,43-28-18-11-19-29-43)37-21-7-5-3-1-2-4-6-20-36-53-40-32-30-39(31-33-40)44-50-45(48)52-46(51-44)49-35-34-38-22-12-8-13-23-38;/h8-19,22-33,44H,1-7,20-21,34-37H2,(H4,48,49,50,51,52);1H. The third-order valence-electron chi connectivity index (χ3n) is 10.4. The second-order valence-corrected chi connectivity index (χ2v) is 25.0. The number of aliphatic imine (C=N–C) groups is 1. The Balaban J connectivity index is 0.00000580. The van der Waals surface area contributed by atoms with E-state index in [0.29, 0.717) is 5.96 Å². The van der Waals surface area contributed by atoms with E-state index in [1.54, 1.807) is 0 Å². The molecule has 6 nitrogen and oxygen atoms in total. The maximum atomic E-state index is 6.11. The molecule has 0 aromatic heterocycles. The van der Waals surface area contributed by atoms with Crippen molar-refractivity contribution in [2.45, 2.75) is 70.4 Å². The van der Waals surface area contributed by atoms with Gasteiger partial charge in [-0.2, -0.15) is 4.99 Å². The number of hydrogen-bond acceptors (Lipinski definition) is 3. The number of nitrogens with zero attached hydrogens (tertiary/aromatic N) is 1. The quantitative estimate of drug-likeness (QED) is 0.0522.